The van der Waals surface area contributed by atoms with Gasteiger partial charge in [-0.05, 0) is 12.1 Å². The molecule has 86 valence electrons. The number of esters is 1. The Hall–Kier alpha value is -2.15. The molecule has 0 aliphatic carbocycles. The maximum atomic E-state index is 11.0. The van der Waals surface area contributed by atoms with E-state index in [1.807, 2.05) is 0 Å². The lowest BCUT2D eigenvalue weighted by Crippen LogP contribution is -2.14. The maximum absolute atomic E-state index is 11.0. The number of para-hydroxylation sites is 1. The molecule has 7 heteroatoms. The Labute approximate surface area is 90.0 Å². The lowest BCUT2D eigenvalue weighted by Gasteiger charge is -2.09. The van der Waals surface area contributed by atoms with E-state index in [0.717, 1.165) is 13.2 Å². The fourth-order valence-electron chi connectivity index (χ4n) is 1.21. The molecule has 0 saturated carbocycles. The summed E-state index contributed by atoms with van der Waals surface area (Å²) >= 11 is 0. The van der Waals surface area contributed by atoms with Crippen LogP contribution in [0.15, 0.2) is 18.2 Å². The van der Waals surface area contributed by atoms with Crippen molar-refractivity contribution in [1.82, 2.24) is 0 Å². The van der Waals surface area contributed by atoms with Crippen LogP contribution in [0, 0.1) is 10.1 Å². The topological polar surface area (TPSA) is 110 Å². The predicted octanol–water partition coefficient (Wildman–Crippen LogP) is 0.507. The number of aliphatic hydroxyl groups excluding tert-OH is 1. The summed E-state index contributed by atoms with van der Waals surface area (Å²) in [5, 5.41) is 29.4. The molecule has 0 aliphatic heterocycles. The first-order valence-electron chi connectivity index (χ1n) is 4.21. The number of rotatable bonds is 3. The highest BCUT2D eigenvalue weighted by atomic mass is 16.6. The number of hydrogen-bond donors (Lipinski definition) is 2. The van der Waals surface area contributed by atoms with Crippen molar-refractivity contribution in [2.75, 3.05) is 7.11 Å². The Balaban J connectivity index is 3.28. The molecule has 0 fully saturated rings. The van der Waals surface area contributed by atoms with Crippen molar-refractivity contribution in [3.8, 4) is 5.75 Å². The van der Waals surface area contributed by atoms with E-state index >= 15 is 0 Å². The Bertz CT molecular complexity index is 430. The van der Waals surface area contributed by atoms with Gasteiger partial charge in [0.15, 0.2) is 11.9 Å². The number of hydrogen-bond acceptors (Lipinski definition) is 6. The summed E-state index contributed by atoms with van der Waals surface area (Å²) in [6, 6.07) is 3.54. The van der Waals surface area contributed by atoms with Gasteiger partial charge in [-0.15, -0.1) is 0 Å². The van der Waals surface area contributed by atoms with Crippen LogP contribution >= 0.6 is 0 Å². The van der Waals surface area contributed by atoms with Crippen molar-refractivity contribution < 1.29 is 24.7 Å². The fourth-order valence-corrected chi connectivity index (χ4v) is 1.21. The molecule has 0 aliphatic rings. The first kappa shape index (κ1) is 11.9. The molecule has 0 bridgehead atoms. The highest BCUT2D eigenvalue weighted by Gasteiger charge is 2.29. The van der Waals surface area contributed by atoms with Crippen LogP contribution in [-0.2, 0) is 9.53 Å². The number of phenolic OH excluding ortho intramolecular Hbond substituents is 1. The van der Waals surface area contributed by atoms with E-state index in [1.165, 1.54) is 12.1 Å². The van der Waals surface area contributed by atoms with Crippen molar-refractivity contribution in [2.24, 2.45) is 0 Å². The molecule has 2 N–H and O–H groups in total. The third-order valence-electron chi connectivity index (χ3n) is 1.95. The lowest BCUT2D eigenvalue weighted by molar-refractivity contribution is -0.387. The minimum Gasteiger partial charge on any atom is -0.502 e. The van der Waals surface area contributed by atoms with Crippen LogP contribution < -0.4 is 0 Å². The van der Waals surface area contributed by atoms with E-state index in [0.29, 0.717) is 0 Å². The third-order valence-corrected chi connectivity index (χ3v) is 1.95. The monoisotopic (exact) mass is 227 g/mol. The van der Waals surface area contributed by atoms with E-state index in [1.54, 1.807) is 0 Å². The molecule has 0 saturated heterocycles. The molecule has 1 atom stereocenters. The van der Waals surface area contributed by atoms with Crippen LogP contribution in [-0.4, -0.2) is 28.2 Å². The zero-order valence-electron chi connectivity index (χ0n) is 8.28. The Morgan fingerprint density at radius 3 is 2.69 bits per heavy atom. The summed E-state index contributed by atoms with van der Waals surface area (Å²) in [6.45, 7) is 0. The largest absolute Gasteiger partial charge is 0.502 e. The van der Waals surface area contributed by atoms with E-state index in [-0.39, 0.29) is 5.56 Å². The number of methoxy groups -OCH3 is 1. The summed E-state index contributed by atoms with van der Waals surface area (Å²) < 4.78 is 4.25. The van der Waals surface area contributed by atoms with Gasteiger partial charge in [-0.2, -0.15) is 0 Å². The van der Waals surface area contributed by atoms with E-state index < -0.39 is 28.4 Å². The number of phenols is 1. The Morgan fingerprint density at radius 2 is 2.19 bits per heavy atom. The SMILES string of the molecule is COC(=O)C(O)c1cccc(O)c1[N+](=O)[O-]. The predicted molar refractivity (Wildman–Crippen MR) is 51.7 cm³/mol. The molecule has 0 heterocycles. The zero-order valence-corrected chi connectivity index (χ0v) is 8.28. The van der Waals surface area contributed by atoms with Gasteiger partial charge >= 0.3 is 11.7 Å². The van der Waals surface area contributed by atoms with E-state index in [4.69, 9.17) is 0 Å². The number of carbonyl (C=O) groups excluding carboxylic acids is 1. The minimum atomic E-state index is -1.79. The maximum Gasteiger partial charge on any atom is 0.339 e. The summed E-state index contributed by atoms with van der Waals surface area (Å²) in [6.07, 6.45) is -1.79. The Morgan fingerprint density at radius 1 is 1.56 bits per heavy atom. The fraction of sp³-hybridized carbons (Fsp3) is 0.222. The molecule has 1 aromatic carbocycles. The van der Waals surface area contributed by atoms with Crippen LogP contribution in [0.3, 0.4) is 0 Å². The second-order valence-electron chi connectivity index (χ2n) is 2.90. The highest BCUT2D eigenvalue weighted by Crippen LogP contribution is 2.33. The highest BCUT2D eigenvalue weighted by molar-refractivity contribution is 5.78. The van der Waals surface area contributed by atoms with Gasteiger partial charge in [-0.25, -0.2) is 4.79 Å². The summed E-state index contributed by atoms with van der Waals surface area (Å²) in [5.74, 6) is -1.65. The number of ether oxygens (including phenoxy) is 1. The number of aromatic hydroxyl groups is 1. The van der Waals surface area contributed by atoms with Gasteiger partial charge in [0.1, 0.15) is 0 Å². The number of aliphatic hydroxyl groups is 1. The van der Waals surface area contributed by atoms with Crippen molar-refractivity contribution >= 4 is 11.7 Å². The molecule has 1 aromatic rings. The average molecular weight is 227 g/mol. The molecule has 1 rings (SSSR count). The van der Waals surface area contributed by atoms with Crippen LogP contribution in [0.2, 0.25) is 0 Å². The van der Waals surface area contributed by atoms with Crippen molar-refractivity contribution in [2.45, 2.75) is 6.10 Å². The first-order valence-corrected chi connectivity index (χ1v) is 4.21. The minimum absolute atomic E-state index is 0.308. The molecule has 0 radical (unpaired) electrons. The van der Waals surface area contributed by atoms with Crippen LogP contribution in [0.5, 0.6) is 5.75 Å². The Kier molecular flexibility index (Phi) is 3.41. The number of nitrogens with zero attached hydrogens (tertiary/aromatic N) is 1. The van der Waals surface area contributed by atoms with E-state index in [9.17, 15) is 25.1 Å². The summed E-state index contributed by atoms with van der Waals surface area (Å²) in [4.78, 5) is 20.8. The average Bonchev–Trinajstić information content (AvgIpc) is 2.26. The number of nitro benzene ring substituents is 1. The number of benzene rings is 1. The molecular weight excluding hydrogens is 218 g/mol. The molecule has 0 aromatic heterocycles. The van der Waals surface area contributed by atoms with Crippen molar-refractivity contribution in [3.05, 3.63) is 33.9 Å². The normalized spacial score (nSPS) is 11.9. The standard InChI is InChI=1S/C9H9NO6/c1-16-9(13)8(12)5-3-2-4-6(11)7(5)10(14)15/h2-4,8,11-12H,1H3. The number of nitro groups is 1. The first-order chi connectivity index (χ1) is 7.49. The quantitative estimate of drug-likeness (QED) is 0.442. The second kappa shape index (κ2) is 4.58. The third kappa shape index (κ3) is 2.09. The smallest absolute Gasteiger partial charge is 0.339 e. The zero-order chi connectivity index (χ0) is 12.3. The van der Waals surface area contributed by atoms with Crippen molar-refractivity contribution in [3.63, 3.8) is 0 Å². The van der Waals surface area contributed by atoms with E-state index in [2.05, 4.69) is 4.74 Å². The van der Waals surface area contributed by atoms with Gasteiger partial charge < -0.3 is 14.9 Å². The number of carbonyl (C=O) groups is 1. The molecular formula is C9H9NO6. The van der Waals surface area contributed by atoms with Gasteiger partial charge in [0.2, 0.25) is 0 Å². The van der Waals surface area contributed by atoms with Gasteiger partial charge in [0.05, 0.1) is 17.6 Å². The van der Waals surface area contributed by atoms with Crippen LogP contribution in [0.25, 0.3) is 0 Å². The molecule has 7 nitrogen and oxygen atoms in total. The van der Waals surface area contributed by atoms with Gasteiger partial charge in [-0.1, -0.05) is 6.07 Å². The van der Waals surface area contributed by atoms with Gasteiger partial charge in [0.25, 0.3) is 0 Å². The van der Waals surface area contributed by atoms with Crippen LogP contribution in [0.4, 0.5) is 5.69 Å². The lowest BCUT2D eigenvalue weighted by atomic mass is 10.1. The van der Waals surface area contributed by atoms with Crippen molar-refractivity contribution in [1.29, 1.82) is 0 Å². The second-order valence-corrected chi connectivity index (χ2v) is 2.90. The summed E-state index contributed by atoms with van der Waals surface area (Å²) in [7, 11) is 1.04. The van der Waals surface area contributed by atoms with Crippen LogP contribution in [0.1, 0.15) is 11.7 Å². The van der Waals surface area contributed by atoms with Gasteiger partial charge in [0, 0.05) is 0 Å². The molecule has 0 amide bonds. The van der Waals surface area contributed by atoms with Gasteiger partial charge in [-0.3, -0.25) is 10.1 Å². The molecule has 1 unspecified atom stereocenters. The molecule has 16 heavy (non-hydrogen) atoms. The summed E-state index contributed by atoms with van der Waals surface area (Å²) in [5.41, 5.74) is -1.02. The molecule has 0 spiro atoms.